The van der Waals surface area contributed by atoms with Crippen molar-refractivity contribution in [1.29, 1.82) is 0 Å². The molecule has 1 aliphatic heterocycles. The lowest BCUT2D eigenvalue weighted by Crippen LogP contribution is -2.32. The normalized spacial score (nSPS) is 16.9. The van der Waals surface area contributed by atoms with Gasteiger partial charge in [-0.25, -0.2) is 9.59 Å². The van der Waals surface area contributed by atoms with Crippen LogP contribution in [0.25, 0.3) is 21.8 Å². The third-order valence-electron chi connectivity index (χ3n) is 9.21. The van der Waals surface area contributed by atoms with Gasteiger partial charge in [0.1, 0.15) is 6.04 Å². The van der Waals surface area contributed by atoms with E-state index >= 15 is 0 Å². The fraction of sp³-hybridized carbons (Fsp3) is 0.351. The Kier molecular flexibility index (Phi) is 7.63. The van der Waals surface area contributed by atoms with Crippen LogP contribution in [0.15, 0.2) is 72.8 Å². The van der Waals surface area contributed by atoms with Crippen LogP contribution in [0, 0.1) is 13.8 Å². The molecule has 0 aliphatic carbocycles. The molecule has 0 radical (unpaired) electrons. The summed E-state index contributed by atoms with van der Waals surface area (Å²) >= 11 is 0. The van der Waals surface area contributed by atoms with E-state index in [-0.39, 0.29) is 11.9 Å². The second-order valence-corrected chi connectivity index (χ2v) is 11.6. The first kappa shape index (κ1) is 28.8. The Hall–Kier alpha value is -4.32. The summed E-state index contributed by atoms with van der Waals surface area (Å²) in [5.41, 5.74) is 6.08. The molecule has 2 atom stereocenters. The molecular weight excluding hydrogens is 536 g/mol. The van der Waals surface area contributed by atoms with Crippen LogP contribution in [-0.4, -0.2) is 28.2 Å². The summed E-state index contributed by atoms with van der Waals surface area (Å²) in [7, 11) is 1.45. The SMILES string of the molecule is CCCCC(C(=O)OC)n1c(C)c(C2(c3c(C)n(CCCC)c4ccccc34)OC(=O)c3ccccc32)c2ccccc21. The summed E-state index contributed by atoms with van der Waals surface area (Å²) < 4.78 is 16.6. The molecule has 0 saturated carbocycles. The van der Waals surface area contributed by atoms with E-state index in [9.17, 15) is 9.59 Å². The van der Waals surface area contributed by atoms with Gasteiger partial charge in [0.05, 0.1) is 12.7 Å². The Balaban J connectivity index is 1.77. The zero-order valence-corrected chi connectivity index (χ0v) is 25.8. The van der Waals surface area contributed by atoms with Crippen molar-refractivity contribution in [2.24, 2.45) is 0 Å². The number of para-hydroxylation sites is 2. The number of nitrogens with zero attached hydrogens (tertiary/aromatic N) is 2. The molecule has 6 nitrogen and oxygen atoms in total. The molecule has 0 spiro atoms. The zero-order valence-electron chi connectivity index (χ0n) is 25.8. The van der Waals surface area contributed by atoms with E-state index in [1.165, 1.54) is 7.11 Å². The number of hydrogen-bond acceptors (Lipinski definition) is 4. The zero-order chi connectivity index (χ0) is 30.3. The number of carbonyl (C=O) groups excluding carboxylic acids is 2. The number of rotatable bonds is 10. The fourth-order valence-electron chi connectivity index (χ4n) is 7.32. The smallest absolute Gasteiger partial charge is 0.340 e. The largest absolute Gasteiger partial charge is 0.467 e. The van der Waals surface area contributed by atoms with Gasteiger partial charge >= 0.3 is 11.9 Å². The van der Waals surface area contributed by atoms with Crippen molar-refractivity contribution in [3.63, 3.8) is 0 Å². The first-order valence-corrected chi connectivity index (χ1v) is 15.5. The van der Waals surface area contributed by atoms with Gasteiger partial charge in [0.15, 0.2) is 5.60 Å². The molecular formula is C37H40N2O4. The van der Waals surface area contributed by atoms with Crippen molar-refractivity contribution in [2.45, 2.75) is 78.0 Å². The minimum atomic E-state index is -1.21. The molecule has 3 aromatic carbocycles. The molecule has 5 aromatic rings. The standard InChI is InChI=1S/C37H40N2O4/c1-6-8-20-32(36(41)42-5)39-25(4)34(28-18-12-15-22-31(28)39)37(29-19-13-10-16-26(29)35(40)43-37)33-24(3)38(23-9-7-2)30-21-14-11-17-27(30)33/h10-19,21-22,32H,6-9,20,23H2,1-5H3. The Bertz CT molecular complexity index is 1840. The lowest BCUT2D eigenvalue weighted by Gasteiger charge is -2.32. The molecule has 0 bridgehead atoms. The van der Waals surface area contributed by atoms with E-state index in [4.69, 9.17) is 9.47 Å². The summed E-state index contributed by atoms with van der Waals surface area (Å²) in [6.07, 6.45) is 4.61. The number of hydrogen-bond donors (Lipinski definition) is 0. The number of carbonyl (C=O) groups is 2. The van der Waals surface area contributed by atoms with Crippen LogP contribution in [0.5, 0.6) is 0 Å². The highest BCUT2D eigenvalue weighted by molar-refractivity contribution is 6.01. The number of aryl methyl sites for hydroxylation is 1. The van der Waals surface area contributed by atoms with Crippen molar-refractivity contribution >= 4 is 33.7 Å². The molecule has 2 aromatic heterocycles. The van der Waals surface area contributed by atoms with Crippen LogP contribution in [-0.2, 0) is 26.4 Å². The summed E-state index contributed by atoms with van der Waals surface area (Å²) in [5, 5.41) is 2.02. The molecule has 0 N–H and O–H groups in total. The first-order valence-electron chi connectivity index (χ1n) is 15.5. The van der Waals surface area contributed by atoms with Gasteiger partial charge in [0.25, 0.3) is 0 Å². The molecule has 1 aliphatic rings. The summed E-state index contributed by atoms with van der Waals surface area (Å²) in [5.74, 6) is -0.610. The second kappa shape index (κ2) is 11.4. The number of esters is 2. The fourth-order valence-corrected chi connectivity index (χ4v) is 7.32. The quantitative estimate of drug-likeness (QED) is 0.157. The van der Waals surface area contributed by atoms with Crippen LogP contribution in [0.1, 0.15) is 90.4 Å². The van der Waals surface area contributed by atoms with Crippen LogP contribution < -0.4 is 0 Å². The Morgan fingerprint density at radius 2 is 1.44 bits per heavy atom. The van der Waals surface area contributed by atoms with Crippen LogP contribution in [0.3, 0.4) is 0 Å². The van der Waals surface area contributed by atoms with Crippen LogP contribution in [0.2, 0.25) is 0 Å². The van der Waals surface area contributed by atoms with Crippen molar-refractivity contribution in [2.75, 3.05) is 7.11 Å². The number of ether oxygens (including phenoxy) is 2. The van der Waals surface area contributed by atoms with Crippen LogP contribution >= 0.6 is 0 Å². The first-order chi connectivity index (χ1) is 20.9. The minimum absolute atomic E-state index is 0.269. The predicted octanol–water partition coefficient (Wildman–Crippen LogP) is 8.38. The van der Waals surface area contributed by atoms with Gasteiger partial charge in [-0.05, 0) is 44.9 Å². The monoisotopic (exact) mass is 576 g/mol. The van der Waals surface area contributed by atoms with Gasteiger partial charge in [-0.2, -0.15) is 0 Å². The van der Waals surface area contributed by atoms with Gasteiger partial charge in [-0.15, -0.1) is 0 Å². The molecule has 222 valence electrons. The average Bonchev–Trinajstić information content (AvgIpc) is 3.60. The predicted molar refractivity (Wildman–Crippen MR) is 171 cm³/mol. The number of methoxy groups -OCH3 is 1. The highest BCUT2D eigenvalue weighted by atomic mass is 16.6. The molecule has 0 amide bonds. The maximum atomic E-state index is 13.8. The summed E-state index contributed by atoms with van der Waals surface area (Å²) in [6.45, 7) is 9.40. The molecule has 6 rings (SSSR count). The lowest BCUT2D eigenvalue weighted by atomic mass is 9.77. The maximum Gasteiger partial charge on any atom is 0.340 e. The topological polar surface area (TPSA) is 62.5 Å². The van der Waals surface area contributed by atoms with Crippen LogP contribution in [0.4, 0.5) is 0 Å². The number of aromatic nitrogens is 2. The van der Waals surface area contributed by atoms with E-state index in [0.29, 0.717) is 12.0 Å². The Morgan fingerprint density at radius 3 is 2.14 bits per heavy atom. The number of fused-ring (bicyclic) bond motifs is 3. The maximum absolute atomic E-state index is 13.8. The summed E-state index contributed by atoms with van der Waals surface area (Å²) in [4.78, 5) is 27.2. The Morgan fingerprint density at radius 1 is 0.837 bits per heavy atom. The highest BCUT2D eigenvalue weighted by Gasteiger charge is 2.53. The van der Waals surface area contributed by atoms with E-state index < -0.39 is 11.6 Å². The minimum Gasteiger partial charge on any atom is -0.467 e. The van der Waals surface area contributed by atoms with Gasteiger partial charge in [0.2, 0.25) is 0 Å². The van der Waals surface area contributed by atoms with E-state index in [2.05, 4.69) is 73.2 Å². The molecule has 6 heteroatoms. The number of unbranched alkanes of at least 4 members (excludes halogenated alkanes) is 2. The van der Waals surface area contributed by atoms with E-state index in [1.807, 2.05) is 36.4 Å². The molecule has 3 heterocycles. The molecule has 43 heavy (non-hydrogen) atoms. The van der Waals surface area contributed by atoms with Gasteiger partial charge < -0.3 is 18.6 Å². The molecule has 2 unspecified atom stereocenters. The number of benzene rings is 3. The van der Waals surface area contributed by atoms with E-state index in [0.717, 1.165) is 82.1 Å². The van der Waals surface area contributed by atoms with E-state index in [1.54, 1.807) is 0 Å². The number of cyclic esters (lactones) is 1. The van der Waals surface area contributed by atoms with Crippen molar-refractivity contribution in [3.8, 4) is 0 Å². The average molecular weight is 577 g/mol. The van der Waals surface area contributed by atoms with Gasteiger partial charge in [-0.3, -0.25) is 0 Å². The highest BCUT2D eigenvalue weighted by Crippen LogP contribution is 2.54. The molecule has 0 fully saturated rings. The van der Waals surface area contributed by atoms with Crippen molar-refractivity contribution in [3.05, 3.63) is 106 Å². The third-order valence-corrected chi connectivity index (χ3v) is 9.21. The third kappa shape index (κ3) is 4.30. The lowest BCUT2D eigenvalue weighted by molar-refractivity contribution is -0.144. The van der Waals surface area contributed by atoms with Gasteiger partial charge in [-0.1, -0.05) is 87.7 Å². The van der Waals surface area contributed by atoms with Crippen molar-refractivity contribution < 1.29 is 19.1 Å². The Labute approximate surface area is 253 Å². The second-order valence-electron chi connectivity index (χ2n) is 11.6. The summed E-state index contributed by atoms with van der Waals surface area (Å²) in [6, 6.07) is 23.8. The molecule has 0 saturated heterocycles. The van der Waals surface area contributed by atoms with Crippen molar-refractivity contribution in [1.82, 2.24) is 9.13 Å². The van der Waals surface area contributed by atoms with Gasteiger partial charge in [0, 0.05) is 56.4 Å².